The van der Waals surface area contributed by atoms with Crippen molar-refractivity contribution in [2.24, 2.45) is 0 Å². The lowest BCUT2D eigenvalue weighted by Crippen LogP contribution is -2.50. The molecule has 2 amide bonds. The first-order valence-corrected chi connectivity index (χ1v) is 10.8. The van der Waals surface area contributed by atoms with E-state index in [1.165, 1.54) is 0 Å². The largest absolute Gasteiger partial charge is 0.444 e. The van der Waals surface area contributed by atoms with E-state index < -0.39 is 17.7 Å². The molecule has 7 heteroatoms. The minimum absolute atomic E-state index is 0.166. The van der Waals surface area contributed by atoms with Crippen molar-refractivity contribution in [2.45, 2.75) is 50.8 Å². The van der Waals surface area contributed by atoms with Crippen LogP contribution in [0.2, 0.25) is 5.02 Å². The molecule has 1 aliphatic heterocycles. The number of hydrogen-bond donors (Lipinski definition) is 1. The molecule has 2 aromatic carbocycles. The van der Waals surface area contributed by atoms with E-state index in [0.717, 1.165) is 21.7 Å². The zero-order valence-corrected chi connectivity index (χ0v) is 18.6. The van der Waals surface area contributed by atoms with Crippen molar-refractivity contribution >= 4 is 41.1 Å². The van der Waals surface area contributed by atoms with Gasteiger partial charge in [-0.05, 0) is 63.1 Å². The highest BCUT2D eigenvalue weighted by atomic mass is 35.5. The lowest BCUT2D eigenvalue weighted by molar-refractivity contribution is -0.120. The Morgan fingerprint density at radius 2 is 1.93 bits per heavy atom. The summed E-state index contributed by atoms with van der Waals surface area (Å²) in [6.07, 6.45) is -0.593. The Morgan fingerprint density at radius 1 is 1.24 bits per heavy atom. The Kier molecular flexibility index (Phi) is 6.44. The summed E-state index contributed by atoms with van der Waals surface area (Å²) >= 11 is 7.55. The Balaban J connectivity index is 1.89. The number of aryl methyl sites for hydroxylation is 1. The molecular weight excluding hydrogens is 408 g/mol. The second-order valence-corrected chi connectivity index (χ2v) is 9.53. The molecule has 0 saturated heterocycles. The number of hydrogen-bond acceptors (Lipinski definition) is 4. The fourth-order valence-corrected chi connectivity index (χ4v) is 4.29. The van der Waals surface area contributed by atoms with Gasteiger partial charge in [-0.15, -0.1) is 11.8 Å². The SMILES string of the molecule is Cc1ccc2c(c1)SC[C@H](NC(=O)OC(C)(C)C)C(=O)N2Cc1ccc(Cl)cc1. The van der Waals surface area contributed by atoms with Crippen LogP contribution in [0.3, 0.4) is 0 Å². The number of anilines is 1. The van der Waals surface area contributed by atoms with Gasteiger partial charge in [-0.1, -0.05) is 29.8 Å². The van der Waals surface area contributed by atoms with Crippen LogP contribution < -0.4 is 10.2 Å². The van der Waals surface area contributed by atoms with Gasteiger partial charge in [0.05, 0.1) is 12.2 Å². The predicted octanol–water partition coefficient (Wildman–Crippen LogP) is 5.18. The van der Waals surface area contributed by atoms with E-state index in [4.69, 9.17) is 16.3 Å². The minimum Gasteiger partial charge on any atom is -0.444 e. The highest BCUT2D eigenvalue weighted by Gasteiger charge is 2.33. The Labute approximate surface area is 180 Å². The third-order valence-electron chi connectivity index (χ3n) is 4.32. The van der Waals surface area contributed by atoms with E-state index in [2.05, 4.69) is 11.4 Å². The van der Waals surface area contributed by atoms with Crippen LogP contribution in [0.25, 0.3) is 0 Å². The van der Waals surface area contributed by atoms with Crippen LogP contribution in [0.5, 0.6) is 0 Å². The number of carbonyl (C=O) groups is 2. The first kappa shape index (κ1) is 21.5. The monoisotopic (exact) mass is 432 g/mol. The quantitative estimate of drug-likeness (QED) is 0.725. The second kappa shape index (κ2) is 8.67. The molecule has 154 valence electrons. The van der Waals surface area contributed by atoms with Crippen LogP contribution in [-0.4, -0.2) is 29.4 Å². The molecular formula is C22H25ClN2O3S. The molecule has 0 saturated carbocycles. The van der Waals surface area contributed by atoms with Crippen molar-refractivity contribution in [3.63, 3.8) is 0 Å². The van der Waals surface area contributed by atoms with Gasteiger partial charge in [-0.3, -0.25) is 4.79 Å². The molecule has 1 aliphatic rings. The summed E-state index contributed by atoms with van der Waals surface area (Å²) in [7, 11) is 0. The maximum Gasteiger partial charge on any atom is 0.408 e. The lowest BCUT2D eigenvalue weighted by atomic mass is 10.1. The van der Waals surface area contributed by atoms with Gasteiger partial charge in [0, 0.05) is 15.7 Å². The number of nitrogens with one attached hydrogen (secondary N) is 1. The molecule has 0 spiro atoms. The number of fused-ring (bicyclic) bond motifs is 1. The molecule has 0 fully saturated rings. The Morgan fingerprint density at radius 3 is 2.59 bits per heavy atom. The summed E-state index contributed by atoms with van der Waals surface area (Å²) in [5, 5.41) is 3.39. The zero-order chi connectivity index (χ0) is 21.2. The molecule has 5 nitrogen and oxygen atoms in total. The highest BCUT2D eigenvalue weighted by Crippen LogP contribution is 2.36. The summed E-state index contributed by atoms with van der Waals surface area (Å²) in [6, 6.07) is 12.7. The highest BCUT2D eigenvalue weighted by molar-refractivity contribution is 7.99. The third-order valence-corrected chi connectivity index (χ3v) is 5.71. The van der Waals surface area contributed by atoms with Crippen molar-refractivity contribution in [3.05, 3.63) is 58.6 Å². The number of alkyl carbamates (subject to hydrolysis) is 1. The van der Waals surface area contributed by atoms with E-state index in [1.54, 1.807) is 49.6 Å². The van der Waals surface area contributed by atoms with E-state index in [-0.39, 0.29) is 5.91 Å². The molecule has 3 rings (SSSR count). The van der Waals surface area contributed by atoms with Crippen LogP contribution in [0.4, 0.5) is 10.5 Å². The first-order valence-electron chi connectivity index (χ1n) is 9.41. The van der Waals surface area contributed by atoms with E-state index in [9.17, 15) is 9.59 Å². The van der Waals surface area contributed by atoms with Crippen molar-refractivity contribution in [1.29, 1.82) is 0 Å². The fourth-order valence-electron chi connectivity index (χ4n) is 3.00. The molecule has 29 heavy (non-hydrogen) atoms. The molecule has 0 unspecified atom stereocenters. The van der Waals surface area contributed by atoms with E-state index >= 15 is 0 Å². The summed E-state index contributed by atoms with van der Waals surface area (Å²) in [5.41, 5.74) is 2.29. The van der Waals surface area contributed by atoms with Crippen LogP contribution in [-0.2, 0) is 16.1 Å². The number of rotatable bonds is 3. The summed E-state index contributed by atoms with van der Waals surface area (Å²) < 4.78 is 5.35. The molecule has 0 radical (unpaired) electrons. The molecule has 0 aromatic heterocycles. The number of thioether (sulfide) groups is 1. The molecule has 1 heterocycles. The van der Waals surface area contributed by atoms with Crippen molar-refractivity contribution in [1.82, 2.24) is 5.32 Å². The van der Waals surface area contributed by atoms with Gasteiger partial charge in [-0.2, -0.15) is 0 Å². The van der Waals surface area contributed by atoms with Crippen LogP contribution >= 0.6 is 23.4 Å². The van der Waals surface area contributed by atoms with Crippen LogP contribution in [0.1, 0.15) is 31.9 Å². The topological polar surface area (TPSA) is 58.6 Å². The van der Waals surface area contributed by atoms with Gasteiger partial charge in [-0.25, -0.2) is 4.79 Å². The maximum absolute atomic E-state index is 13.4. The number of carbonyl (C=O) groups excluding carboxylic acids is 2. The van der Waals surface area contributed by atoms with Crippen molar-refractivity contribution in [3.8, 4) is 0 Å². The minimum atomic E-state index is -0.685. The number of nitrogens with zero attached hydrogens (tertiary/aromatic N) is 1. The summed E-state index contributed by atoms with van der Waals surface area (Å²) in [5.74, 6) is 0.270. The first-order chi connectivity index (χ1) is 13.6. The molecule has 0 aliphatic carbocycles. The second-order valence-electron chi connectivity index (χ2n) is 8.03. The predicted molar refractivity (Wildman–Crippen MR) is 118 cm³/mol. The number of amides is 2. The van der Waals surface area contributed by atoms with Gasteiger partial charge in [0.25, 0.3) is 5.91 Å². The standard InChI is InChI=1S/C22H25ClN2O3S/c1-14-5-10-18-19(11-14)29-13-17(24-21(27)28-22(2,3)4)20(26)25(18)12-15-6-8-16(23)9-7-15/h5-11,17H,12-13H2,1-4H3,(H,24,27)/t17-/m0/s1. The van der Waals surface area contributed by atoms with E-state index in [0.29, 0.717) is 17.3 Å². The fraction of sp³-hybridized carbons (Fsp3) is 0.364. The van der Waals surface area contributed by atoms with Gasteiger partial charge in [0.15, 0.2) is 0 Å². The molecule has 0 bridgehead atoms. The number of benzene rings is 2. The smallest absolute Gasteiger partial charge is 0.408 e. The summed E-state index contributed by atoms with van der Waals surface area (Å²) in [4.78, 5) is 28.4. The maximum atomic E-state index is 13.4. The van der Waals surface area contributed by atoms with Crippen molar-refractivity contribution < 1.29 is 14.3 Å². The zero-order valence-electron chi connectivity index (χ0n) is 17.0. The average Bonchev–Trinajstić information content (AvgIpc) is 2.74. The summed E-state index contributed by atoms with van der Waals surface area (Å²) in [6.45, 7) is 7.79. The van der Waals surface area contributed by atoms with Crippen molar-refractivity contribution in [2.75, 3.05) is 10.7 Å². The Bertz CT molecular complexity index is 909. The van der Waals surface area contributed by atoms with Gasteiger partial charge < -0.3 is 15.0 Å². The van der Waals surface area contributed by atoms with Gasteiger partial charge in [0.1, 0.15) is 11.6 Å². The molecule has 2 aromatic rings. The lowest BCUT2D eigenvalue weighted by Gasteiger charge is -2.27. The third kappa shape index (κ3) is 5.67. The average molecular weight is 433 g/mol. The number of halogens is 1. The number of ether oxygens (including phenoxy) is 1. The van der Waals surface area contributed by atoms with Gasteiger partial charge >= 0.3 is 6.09 Å². The van der Waals surface area contributed by atoms with Crippen LogP contribution in [0, 0.1) is 6.92 Å². The normalized spacial score (nSPS) is 16.8. The molecule has 1 atom stereocenters. The van der Waals surface area contributed by atoms with Crippen LogP contribution in [0.15, 0.2) is 47.4 Å². The van der Waals surface area contributed by atoms with Gasteiger partial charge in [0.2, 0.25) is 0 Å². The Hall–Kier alpha value is -2.18. The molecule has 1 N–H and O–H groups in total. The van der Waals surface area contributed by atoms with E-state index in [1.807, 2.05) is 31.2 Å².